The molecular weight excluding hydrogens is 386 g/mol. The lowest BCUT2D eigenvalue weighted by atomic mass is 10.2. The normalized spacial score (nSPS) is 23.2. The number of nitrogens with two attached hydrogens (primary N) is 1. The Labute approximate surface area is 173 Å². The van der Waals surface area contributed by atoms with Crippen LogP contribution in [-0.4, -0.2) is 52.0 Å². The van der Waals surface area contributed by atoms with Crippen molar-refractivity contribution in [2.24, 2.45) is 0 Å². The molecule has 1 saturated heterocycles. The predicted molar refractivity (Wildman–Crippen MR) is 116 cm³/mol. The number of aromatic nitrogens is 4. The van der Waals surface area contributed by atoms with Gasteiger partial charge in [0.05, 0.1) is 23.8 Å². The van der Waals surface area contributed by atoms with E-state index in [1.165, 1.54) is 6.33 Å². The van der Waals surface area contributed by atoms with E-state index in [4.69, 9.17) is 14.9 Å². The zero-order valence-corrected chi connectivity index (χ0v) is 19.6. The van der Waals surface area contributed by atoms with E-state index in [1.54, 1.807) is 4.68 Å². The van der Waals surface area contributed by atoms with Gasteiger partial charge >= 0.3 is 0 Å². The van der Waals surface area contributed by atoms with Crippen LogP contribution < -0.4 is 5.73 Å². The first-order chi connectivity index (χ1) is 13.6. The fourth-order valence-corrected chi connectivity index (χ4v) is 10.8. The van der Waals surface area contributed by atoms with Crippen molar-refractivity contribution in [2.45, 2.75) is 89.9 Å². The average Bonchev–Trinajstić information content (AvgIpc) is 3.20. The summed E-state index contributed by atoms with van der Waals surface area (Å²) in [5.74, 6) is 0.411. The highest BCUT2D eigenvalue weighted by Gasteiger charge is 2.50. The van der Waals surface area contributed by atoms with Crippen LogP contribution in [0.3, 0.4) is 0 Å². The minimum Gasteiger partial charge on any atom is -0.410 e. The number of aliphatic hydroxyl groups is 1. The fraction of sp³-hybridized carbons (Fsp3) is 0.750. The van der Waals surface area contributed by atoms with Crippen molar-refractivity contribution in [1.82, 2.24) is 19.7 Å². The van der Waals surface area contributed by atoms with E-state index < -0.39 is 8.32 Å². The highest BCUT2D eigenvalue weighted by molar-refractivity contribution is 6.77. The number of aryl methyl sites for hydroxylation is 1. The van der Waals surface area contributed by atoms with Crippen molar-refractivity contribution in [3.05, 3.63) is 12.0 Å². The van der Waals surface area contributed by atoms with Crippen LogP contribution in [-0.2, 0) is 9.16 Å². The highest BCUT2D eigenvalue weighted by atomic mass is 28.4. The van der Waals surface area contributed by atoms with Gasteiger partial charge in [0.25, 0.3) is 0 Å². The molecule has 9 heteroatoms. The molecule has 2 aromatic heterocycles. The van der Waals surface area contributed by atoms with Crippen molar-refractivity contribution in [1.29, 1.82) is 0 Å². The van der Waals surface area contributed by atoms with Crippen LogP contribution in [0.15, 0.2) is 6.33 Å². The summed E-state index contributed by atoms with van der Waals surface area (Å²) in [6.07, 6.45) is 1.13. The van der Waals surface area contributed by atoms with Gasteiger partial charge in [-0.1, -0.05) is 41.5 Å². The molecule has 0 spiro atoms. The second-order valence-corrected chi connectivity index (χ2v) is 14.4. The van der Waals surface area contributed by atoms with E-state index in [0.29, 0.717) is 34.5 Å². The first kappa shape index (κ1) is 22.1. The second kappa shape index (κ2) is 8.29. The largest absolute Gasteiger partial charge is 0.410 e. The number of nitrogens with zero attached hydrogens (tertiary/aromatic N) is 4. The van der Waals surface area contributed by atoms with Gasteiger partial charge in [0.2, 0.25) is 8.32 Å². The lowest BCUT2D eigenvalue weighted by Crippen LogP contribution is -2.51. The Morgan fingerprint density at radius 1 is 1.21 bits per heavy atom. The quantitative estimate of drug-likeness (QED) is 0.658. The SMILES string of the molecule is Cc1nn([C@H]2C[C@H](O[Si](C(C)C)(C(C)C)C(C)C)[C@@H](CO)O2)c2ncnc(N)c12. The summed E-state index contributed by atoms with van der Waals surface area (Å²) < 4.78 is 14.9. The van der Waals surface area contributed by atoms with Gasteiger partial charge in [-0.15, -0.1) is 0 Å². The lowest BCUT2D eigenvalue weighted by molar-refractivity contribution is -0.0455. The molecule has 2 aromatic rings. The van der Waals surface area contributed by atoms with Gasteiger partial charge < -0.3 is 20.0 Å². The number of hydrogen-bond acceptors (Lipinski definition) is 7. The van der Waals surface area contributed by atoms with Gasteiger partial charge in [-0.05, 0) is 23.5 Å². The van der Waals surface area contributed by atoms with Crippen molar-refractivity contribution < 1.29 is 14.3 Å². The Morgan fingerprint density at radius 3 is 2.38 bits per heavy atom. The Bertz CT molecular complexity index is 832. The van der Waals surface area contributed by atoms with Gasteiger partial charge in [-0.25, -0.2) is 14.6 Å². The van der Waals surface area contributed by atoms with Crippen molar-refractivity contribution in [2.75, 3.05) is 12.3 Å². The first-order valence-corrected chi connectivity index (χ1v) is 12.7. The number of ether oxygens (including phenoxy) is 1. The van der Waals surface area contributed by atoms with Crippen LogP contribution in [0.1, 0.15) is 59.9 Å². The Morgan fingerprint density at radius 2 is 1.83 bits per heavy atom. The van der Waals surface area contributed by atoms with Crippen molar-refractivity contribution in [3.8, 4) is 0 Å². The molecule has 0 saturated carbocycles. The zero-order valence-electron chi connectivity index (χ0n) is 18.6. The molecule has 3 atom stereocenters. The van der Waals surface area contributed by atoms with Crippen LogP contribution in [0.25, 0.3) is 11.0 Å². The number of rotatable bonds is 7. The molecule has 0 aromatic carbocycles. The van der Waals surface area contributed by atoms with Gasteiger partial charge in [-0.2, -0.15) is 5.10 Å². The van der Waals surface area contributed by atoms with Crippen LogP contribution in [0.2, 0.25) is 16.6 Å². The van der Waals surface area contributed by atoms with Gasteiger partial charge in [0.15, 0.2) is 11.9 Å². The number of nitrogen functional groups attached to an aromatic ring is 1. The second-order valence-electron chi connectivity index (χ2n) is 9.01. The van der Waals surface area contributed by atoms with Gasteiger partial charge in [-0.3, -0.25) is 0 Å². The minimum atomic E-state index is -2.11. The Hall–Kier alpha value is -1.55. The molecule has 8 nitrogen and oxygen atoms in total. The fourth-order valence-electron chi connectivity index (χ4n) is 5.18. The molecular formula is C20H35N5O3Si. The summed E-state index contributed by atoms with van der Waals surface area (Å²) in [6.45, 7) is 15.4. The van der Waals surface area contributed by atoms with Crippen molar-refractivity contribution in [3.63, 3.8) is 0 Å². The van der Waals surface area contributed by atoms with E-state index >= 15 is 0 Å². The average molecular weight is 422 g/mol. The monoisotopic (exact) mass is 421 g/mol. The molecule has 0 bridgehead atoms. The predicted octanol–water partition coefficient (Wildman–Crippen LogP) is 3.56. The molecule has 0 unspecified atom stereocenters. The molecule has 162 valence electrons. The first-order valence-electron chi connectivity index (χ1n) is 10.5. The van der Waals surface area contributed by atoms with Gasteiger partial charge in [0, 0.05) is 6.42 Å². The summed E-state index contributed by atoms with van der Waals surface area (Å²) >= 11 is 0. The molecule has 3 rings (SSSR count). The van der Waals surface area contributed by atoms with E-state index in [9.17, 15) is 5.11 Å². The molecule has 1 aliphatic rings. The third kappa shape index (κ3) is 3.69. The smallest absolute Gasteiger partial charge is 0.200 e. The summed E-state index contributed by atoms with van der Waals surface area (Å²) in [5, 5.41) is 15.4. The maximum absolute atomic E-state index is 10.0. The highest BCUT2D eigenvalue weighted by Crippen LogP contribution is 2.45. The molecule has 0 radical (unpaired) electrons. The molecule has 3 heterocycles. The maximum Gasteiger partial charge on any atom is 0.200 e. The van der Waals surface area contributed by atoms with E-state index in [-0.39, 0.29) is 25.0 Å². The Balaban J connectivity index is 1.94. The van der Waals surface area contributed by atoms with Crippen LogP contribution in [0.5, 0.6) is 0 Å². The third-order valence-corrected chi connectivity index (χ3v) is 12.5. The molecule has 29 heavy (non-hydrogen) atoms. The molecule has 0 aliphatic carbocycles. The van der Waals surface area contributed by atoms with Gasteiger partial charge in [0.1, 0.15) is 18.2 Å². The number of fused-ring (bicyclic) bond motifs is 1. The van der Waals surface area contributed by atoms with E-state index in [2.05, 4.69) is 56.6 Å². The number of hydrogen-bond donors (Lipinski definition) is 2. The van der Waals surface area contributed by atoms with Crippen LogP contribution in [0, 0.1) is 6.92 Å². The third-order valence-electron chi connectivity index (χ3n) is 6.39. The number of anilines is 1. The van der Waals surface area contributed by atoms with E-state index in [0.717, 1.165) is 11.1 Å². The molecule has 3 N–H and O–H groups in total. The summed E-state index contributed by atoms with van der Waals surface area (Å²) in [7, 11) is -2.11. The number of aliphatic hydroxyl groups excluding tert-OH is 1. The van der Waals surface area contributed by atoms with Crippen LogP contribution in [0.4, 0.5) is 5.82 Å². The lowest BCUT2D eigenvalue weighted by Gasteiger charge is -2.44. The van der Waals surface area contributed by atoms with E-state index in [1.807, 2.05) is 6.92 Å². The maximum atomic E-state index is 10.0. The molecule has 1 fully saturated rings. The summed E-state index contributed by atoms with van der Waals surface area (Å²) in [6, 6.07) is 0. The molecule has 1 aliphatic heterocycles. The Kier molecular flexibility index (Phi) is 6.33. The summed E-state index contributed by atoms with van der Waals surface area (Å²) in [4.78, 5) is 8.45. The summed E-state index contributed by atoms with van der Waals surface area (Å²) in [5.41, 5.74) is 8.82. The minimum absolute atomic E-state index is 0.0881. The van der Waals surface area contributed by atoms with Crippen LogP contribution >= 0.6 is 0 Å². The zero-order chi connectivity index (χ0) is 21.5. The topological polar surface area (TPSA) is 108 Å². The van der Waals surface area contributed by atoms with Crippen molar-refractivity contribution >= 4 is 25.2 Å². The standard InChI is InChI=1S/C20H35N5O3Si/c1-11(2)29(12(3)4,13(5)6)28-15-8-17(27-16(15)9-26)25-20-18(14(7)24-25)19(21)22-10-23-20/h10-13,15-17,26H,8-9H2,1-7H3,(H2,21,22,23)/t15-,16+,17+/m0/s1. The molecule has 0 amide bonds.